The lowest BCUT2D eigenvalue weighted by Crippen LogP contribution is -2.31. The van der Waals surface area contributed by atoms with Crippen LogP contribution in [0, 0.1) is 0 Å². The van der Waals surface area contributed by atoms with Crippen LogP contribution >= 0.6 is 0 Å². The van der Waals surface area contributed by atoms with Crippen molar-refractivity contribution < 1.29 is 19.4 Å². The zero-order valence-electron chi connectivity index (χ0n) is 11.3. The van der Waals surface area contributed by atoms with E-state index in [1.54, 1.807) is 32.5 Å². The zero-order valence-corrected chi connectivity index (χ0v) is 11.3. The molecule has 1 heterocycles. The van der Waals surface area contributed by atoms with Crippen molar-refractivity contribution in [2.75, 3.05) is 40.5 Å². The second-order valence-electron chi connectivity index (χ2n) is 4.06. The molecule has 0 fully saturated rings. The van der Waals surface area contributed by atoms with Gasteiger partial charge in [0.25, 0.3) is 0 Å². The van der Waals surface area contributed by atoms with E-state index in [-0.39, 0.29) is 5.56 Å². The van der Waals surface area contributed by atoms with Gasteiger partial charge in [0, 0.05) is 40.1 Å². The number of aromatic nitrogens is 1. The maximum atomic E-state index is 11.1. The first-order valence-corrected chi connectivity index (χ1v) is 6.06. The largest absolute Gasteiger partial charge is 0.478 e. The van der Waals surface area contributed by atoms with Crippen LogP contribution in [0.5, 0.6) is 0 Å². The lowest BCUT2D eigenvalue weighted by atomic mass is 10.2. The van der Waals surface area contributed by atoms with Crippen molar-refractivity contribution in [1.82, 2.24) is 9.88 Å². The number of carbonyl (C=O) groups is 1. The van der Waals surface area contributed by atoms with Gasteiger partial charge in [-0.3, -0.25) is 9.88 Å². The van der Waals surface area contributed by atoms with Crippen molar-refractivity contribution in [3.8, 4) is 0 Å². The molecule has 6 nitrogen and oxygen atoms in total. The molecule has 0 spiro atoms. The highest BCUT2D eigenvalue weighted by atomic mass is 16.5. The third-order valence-corrected chi connectivity index (χ3v) is 2.72. The molecule has 0 aliphatic carbocycles. The summed E-state index contributed by atoms with van der Waals surface area (Å²) in [5.41, 5.74) is 0.796. The smallest absolute Gasteiger partial charge is 0.337 e. The quantitative estimate of drug-likeness (QED) is 0.716. The highest BCUT2D eigenvalue weighted by Crippen LogP contribution is 2.08. The van der Waals surface area contributed by atoms with Crippen LogP contribution in [-0.4, -0.2) is 61.5 Å². The van der Waals surface area contributed by atoms with Crippen molar-refractivity contribution in [3.63, 3.8) is 0 Å². The Balaban J connectivity index is 2.74. The average molecular weight is 268 g/mol. The Labute approximate surface area is 113 Å². The number of nitrogens with zero attached hydrogens (tertiary/aromatic N) is 2. The van der Waals surface area contributed by atoms with Crippen LogP contribution in [0.1, 0.15) is 16.1 Å². The molecule has 0 atom stereocenters. The molecule has 0 amide bonds. The maximum absolute atomic E-state index is 11.1. The minimum absolute atomic E-state index is 0.238. The zero-order chi connectivity index (χ0) is 14.1. The van der Waals surface area contributed by atoms with Crippen molar-refractivity contribution in [2.45, 2.75) is 6.54 Å². The first-order chi connectivity index (χ1) is 9.19. The molecule has 0 saturated carbocycles. The fourth-order valence-corrected chi connectivity index (χ4v) is 1.68. The molecule has 106 valence electrons. The number of pyridine rings is 1. The predicted octanol–water partition coefficient (Wildman–Crippen LogP) is 0.875. The second-order valence-corrected chi connectivity index (χ2v) is 4.06. The fraction of sp³-hybridized carbons (Fsp3) is 0.538. The Hall–Kier alpha value is -1.50. The Morgan fingerprint density at radius 2 is 1.95 bits per heavy atom. The molecule has 19 heavy (non-hydrogen) atoms. The Morgan fingerprint density at radius 3 is 2.47 bits per heavy atom. The Morgan fingerprint density at radius 1 is 1.32 bits per heavy atom. The highest BCUT2D eigenvalue weighted by molar-refractivity contribution is 5.88. The third kappa shape index (κ3) is 5.34. The molecule has 6 heteroatoms. The molecular weight excluding hydrogens is 248 g/mol. The molecule has 0 aliphatic heterocycles. The van der Waals surface area contributed by atoms with Gasteiger partial charge in [0.2, 0.25) is 0 Å². The minimum Gasteiger partial charge on any atom is -0.478 e. The Kier molecular flexibility index (Phi) is 7.02. The van der Waals surface area contributed by atoms with Gasteiger partial charge in [-0.1, -0.05) is 0 Å². The number of methoxy groups -OCH3 is 2. The number of ether oxygens (including phenoxy) is 2. The van der Waals surface area contributed by atoms with E-state index in [0.29, 0.717) is 38.5 Å². The van der Waals surface area contributed by atoms with Gasteiger partial charge in [-0.15, -0.1) is 0 Å². The number of rotatable bonds is 9. The summed E-state index contributed by atoms with van der Waals surface area (Å²) in [5, 5.41) is 9.12. The molecule has 1 N–H and O–H groups in total. The molecule has 0 aliphatic rings. The van der Waals surface area contributed by atoms with Gasteiger partial charge in [0.1, 0.15) is 0 Å². The molecule has 0 unspecified atom stereocenters. The van der Waals surface area contributed by atoms with Crippen molar-refractivity contribution in [3.05, 3.63) is 29.6 Å². The predicted molar refractivity (Wildman–Crippen MR) is 70.2 cm³/mol. The number of carboxylic acids is 1. The van der Waals surface area contributed by atoms with Gasteiger partial charge in [-0.2, -0.15) is 0 Å². The summed E-state index contributed by atoms with van der Waals surface area (Å²) in [6.45, 7) is 3.04. The van der Waals surface area contributed by atoms with Crippen LogP contribution in [0.3, 0.4) is 0 Å². The van der Waals surface area contributed by atoms with E-state index in [4.69, 9.17) is 14.6 Å². The van der Waals surface area contributed by atoms with Crippen LogP contribution in [0.2, 0.25) is 0 Å². The molecule has 1 aromatic rings. The summed E-state index contributed by atoms with van der Waals surface area (Å²) in [7, 11) is 3.27. The SMILES string of the molecule is COCCN(CCOC)Cc1ncccc1C(=O)O. The molecule has 0 bridgehead atoms. The van der Waals surface area contributed by atoms with E-state index >= 15 is 0 Å². The van der Waals surface area contributed by atoms with Gasteiger partial charge >= 0.3 is 5.97 Å². The molecule has 1 aromatic heterocycles. The Bertz CT molecular complexity index is 390. The standard InChI is InChI=1S/C13H20N2O4/c1-18-8-6-15(7-9-19-2)10-12-11(13(16)17)4-3-5-14-12/h3-5H,6-10H2,1-2H3,(H,16,17). The van der Waals surface area contributed by atoms with Crippen molar-refractivity contribution in [1.29, 1.82) is 0 Å². The van der Waals surface area contributed by atoms with E-state index in [9.17, 15) is 4.79 Å². The summed E-state index contributed by atoms with van der Waals surface area (Å²) in [5.74, 6) is -0.957. The van der Waals surface area contributed by atoms with Gasteiger partial charge in [-0.05, 0) is 12.1 Å². The van der Waals surface area contributed by atoms with E-state index in [1.807, 2.05) is 0 Å². The summed E-state index contributed by atoms with van der Waals surface area (Å²) in [6.07, 6.45) is 1.60. The first kappa shape index (κ1) is 15.6. The van der Waals surface area contributed by atoms with Crippen LogP contribution in [0.25, 0.3) is 0 Å². The van der Waals surface area contributed by atoms with Crippen LogP contribution in [0.15, 0.2) is 18.3 Å². The lowest BCUT2D eigenvalue weighted by molar-refractivity contribution is 0.0692. The number of aromatic carboxylic acids is 1. The summed E-state index contributed by atoms with van der Waals surface area (Å²) < 4.78 is 10.1. The topological polar surface area (TPSA) is 71.9 Å². The number of hydrogen-bond donors (Lipinski definition) is 1. The monoisotopic (exact) mass is 268 g/mol. The normalized spacial score (nSPS) is 10.9. The van der Waals surface area contributed by atoms with Crippen LogP contribution in [0.4, 0.5) is 0 Å². The lowest BCUT2D eigenvalue weighted by Gasteiger charge is -2.21. The number of carboxylic acid groups (broad SMARTS) is 1. The van der Waals surface area contributed by atoms with Gasteiger partial charge in [0.15, 0.2) is 0 Å². The highest BCUT2D eigenvalue weighted by Gasteiger charge is 2.14. The van der Waals surface area contributed by atoms with Gasteiger partial charge < -0.3 is 14.6 Å². The van der Waals surface area contributed by atoms with E-state index in [1.165, 1.54) is 0 Å². The summed E-state index contributed by atoms with van der Waals surface area (Å²) in [4.78, 5) is 17.3. The van der Waals surface area contributed by atoms with Crippen LogP contribution in [-0.2, 0) is 16.0 Å². The van der Waals surface area contributed by atoms with Gasteiger partial charge in [0.05, 0.1) is 24.5 Å². The van der Waals surface area contributed by atoms with Gasteiger partial charge in [-0.25, -0.2) is 4.79 Å². The maximum Gasteiger partial charge on any atom is 0.337 e. The molecular formula is C13H20N2O4. The van der Waals surface area contributed by atoms with Crippen molar-refractivity contribution >= 4 is 5.97 Å². The molecule has 1 rings (SSSR count). The summed E-state index contributed by atoms with van der Waals surface area (Å²) >= 11 is 0. The summed E-state index contributed by atoms with van der Waals surface area (Å²) in [6, 6.07) is 3.19. The van der Waals surface area contributed by atoms with E-state index < -0.39 is 5.97 Å². The molecule has 0 radical (unpaired) electrons. The minimum atomic E-state index is -0.957. The fourth-order valence-electron chi connectivity index (χ4n) is 1.68. The first-order valence-electron chi connectivity index (χ1n) is 6.06. The third-order valence-electron chi connectivity index (χ3n) is 2.72. The van der Waals surface area contributed by atoms with Crippen molar-refractivity contribution in [2.24, 2.45) is 0 Å². The molecule has 0 saturated heterocycles. The second kappa shape index (κ2) is 8.58. The van der Waals surface area contributed by atoms with Crippen LogP contribution < -0.4 is 0 Å². The average Bonchev–Trinajstić information content (AvgIpc) is 2.42. The number of hydrogen-bond acceptors (Lipinski definition) is 5. The van der Waals surface area contributed by atoms with E-state index in [2.05, 4.69) is 9.88 Å². The van der Waals surface area contributed by atoms with E-state index in [0.717, 1.165) is 0 Å². The molecule has 0 aromatic carbocycles.